The van der Waals surface area contributed by atoms with Gasteiger partial charge in [-0.05, 0) is 18.3 Å². The highest BCUT2D eigenvalue weighted by molar-refractivity contribution is 8.06. The Balaban J connectivity index is 4.57. The lowest BCUT2D eigenvalue weighted by Gasteiger charge is -2.17. The third-order valence-electron chi connectivity index (χ3n) is 2.23. The smallest absolute Gasteiger partial charge is 0.303 e. The van der Waals surface area contributed by atoms with Crippen molar-refractivity contribution in [3.63, 3.8) is 0 Å². The Kier molecular flexibility index (Phi) is 6.95. The van der Waals surface area contributed by atoms with Gasteiger partial charge in [-0.2, -0.15) is 0 Å². The van der Waals surface area contributed by atoms with Gasteiger partial charge < -0.3 is 5.11 Å². The predicted molar refractivity (Wildman–Crippen MR) is 71.8 cm³/mol. The van der Waals surface area contributed by atoms with Crippen molar-refractivity contribution < 1.29 is 26.7 Å². The normalized spacial score (nSPS) is 14.5. The van der Waals surface area contributed by atoms with E-state index in [-0.39, 0.29) is 24.8 Å². The minimum atomic E-state index is -3.94. The molecule has 9 heteroatoms. The molecule has 0 aromatic rings. The van der Waals surface area contributed by atoms with E-state index < -0.39 is 30.9 Å². The topological polar surface area (TPSA) is 118 Å². The van der Waals surface area contributed by atoms with E-state index in [1.165, 1.54) is 0 Å². The molecule has 0 amide bonds. The molecule has 1 atom stereocenters. The number of hydrogen-bond acceptors (Lipinski definition) is 5. The maximum Gasteiger partial charge on any atom is 0.303 e. The van der Waals surface area contributed by atoms with Crippen LogP contribution in [0.5, 0.6) is 0 Å². The van der Waals surface area contributed by atoms with Crippen molar-refractivity contribution in [2.24, 2.45) is 11.8 Å². The highest BCUT2D eigenvalue weighted by Crippen LogP contribution is 2.15. The lowest BCUT2D eigenvalue weighted by atomic mass is 9.94. The lowest BCUT2D eigenvalue weighted by molar-refractivity contribution is -0.138. The number of aliphatic carboxylic acids is 1. The highest BCUT2D eigenvalue weighted by Gasteiger charge is 2.21. The van der Waals surface area contributed by atoms with Gasteiger partial charge in [0.1, 0.15) is 0 Å². The van der Waals surface area contributed by atoms with E-state index in [0.29, 0.717) is 6.42 Å². The van der Waals surface area contributed by atoms with Crippen LogP contribution in [0.3, 0.4) is 0 Å². The first kappa shape index (κ1) is 18.3. The summed E-state index contributed by atoms with van der Waals surface area (Å²) in [5.41, 5.74) is 0. The molecule has 0 saturated carbocycles. The number of nitrogens with one attached hydrogen (secondary N) is 1. The number of carboxylic acids is 1. The van der Waals surface area contributed by atoms with Gasteiger partial charge in [0.15, 0.2) is 14.9 Å². The molecule has 7 nitrogen and oxygen atoms in total. The van der Waals surface area contributed by atoms with E-state index in [9.17, 15) is 21.6 Å². The molecule has 0 aliphatic carbocycles. The second kappa shape index (κ2) is 7.20. The molecule has 0 aliphatic heterocycles. The quantitative estimate of drug-likeness (QED) is 0.620. The summed E-state index contributed by atoms with van der Waals surface area (Å²) in [7, 11) is -7.58. The summed E-state index contributed by atoms with van der Waals surface area (Å²) in [4.78, 5) is 10.7. The lowest BCUT2D eigenvalue weighted by Crippen LogP contribution is -2.34. The molecule has 0 fully saturated rings. The van der Waals surface area contributed by atoms with Crippen LogP contribution < -0.4 is 4.72 Å². The van der Waals surface area contributed by atoms with Crippen LogP contribution >= 0.6 is 0 Å². The fourth-order valence-electron chi connectivity index (χ4n) is 1.72. The van der Waals surface area contributed by atoms with E-state index in [0.717, 1.165) is 6.26 Å². The molecule has 0 heterocycles. The summed E-state index contributed by atoms with van der Waals surface area (Å²) in [6, 6.07) is 0. The monoisotopic (exact) mass is 315 g/mol. The number of sulfonamides is 1. The van der Waals surface area contributed by atoms with Gasteiger partial charge in [-0.15, -0.1) is 0 Å². The van der Waals surface area contributed by atoms with Gasteiger partial charge in [-0.25, -0.2) is 21.6 Å². The van der Waals surface area contributed by atoms with Crippen LogP contribution in [-0.4, -0.2) is 45.8 Å². The van der Waals surface area contributed by atoms with Crippen LogP contribution in [0.2, 0.25) is 0 Å². The molecular weight excluding hydrogens is 294 g/mol. The van der Waals surface area contributed by atoms with Gasteiger partial charge in [0, 0.05) is 19.2 Å². The van der Waals surface area contributed by atoms with Gasteiger partial charge in [0.05, 0.1) is 0 Å². The van der Waals surface area contributed by atoms with Gasteiger partial charge in [0.25, 0.3) is 0 Å². The Hall–Kier alpha value is -0.670. The first-order chi connectivity index (χ1) is 8.41. The molecule has 0 aliphatic rings. The summed E-state index contributed by atoms with van der Waals surface area (Å²) in [5.74, 6) is -1.14. The maximum atomic E-state index is 11.5. The van der Waals surface area contributed by atoms with E-state index in [1.54, 1.807) is 0 Å². The molecular formula is C10H21NO6S2. The summed E-state index contributed by atoms with van der Waals surface area (Å²) in [5, 5.41) is 7.75. The summed E-state index contributed by atoms with van der Waals surface area (Å²) in [6.45, 7) is 3.74. The van der Waals surface area contributed by atoms with Crippen LogP contribution in [0.4, 0.5) is 0 Å². The van der Waals surface area contributed by atoms with Crippen molar-refractivity contribution in [2.45, 2.75) is 26.7 Å². The Bertz CT molecular complexity index is 494. The average Bonchev–Trinajstić information content (AvgIpc) is 2.08. The Morgan fingerprint density at radius 3 is 2.11 bits per heavy atom. The van der Waals surface area contributed by atoms with Gasteiger partial charge in [0.2, 0.25) is 10.0 Å². The van der Waals surface area contributed by atoms with Crippen LogP contribution in [-0.2, 0) is 24.7 Å². The molecule has 0 aromatic carbocycles. The number of carbonyl (C=O) groups is 1. The molecule has 0 radical (unpaired) electrons. The van der Waals surface area contributed by atoms with Crippen molar-refractivity contribution in [3.05, 3.63) is 0 Å². The minimum Gasteiger partial charge on any atom is -0.481 e. The van der Waals surface area contributed by atoms with Crippen LogP contribution in [0.15, 0.2) is 0 Å². The van der Waals surface area contributed by atoms with Crippen molar-refractivity contribution in [3.8, 4) is 0 Å². The van der Waals surface area contributed by atoms with Crippen LogP contribution in [0, 0.1) is 11.8 Å². The number of carboxylic acid groups (broad SMARTS) is 1. The Morgan fingerprint density at radius 1 is 1.21 bits per heavy atom. The van der Waals surface area contributed by atoms with Gasteiger partial charge in [-0.3, -0.25) is 4.79 Å². The van der Waals surface area contributed by atoms with Crippen molar-refractivity contribution in [1.29, 1.82) is 0 Å². The standard InChI is InChI=1S/C10H21NO6S2/c1-8(2)4-9(5-10(12)13)6-11-19(16,17)7-18(3,14)15/h8-9,11H,4-7H2,1-3H3,(H,12,13)/t9-/m0/s1. The third-order valence-corrected chi connectivity index (χ3v) is 5.79. The molecule has 0 aromatic heterocycles. The number of rotatable bonds is 9. The Labute approximate surface area is 114 Å². The molecule has 0 spiro atoms. The minimum absolute atomic E-state index is 0.0671. The number of hydrogen-bond donors (Lipinski definition) is 2. The fourth-order valence-corrected chi connectivity index (χ4v) is 4.80. The molecule has 0 bridgehead atoms. The van der Waals surface area contributed by atoms with E-state index in [4.69, 9.17) is 5.11 Å². The number of sulfone groups is 1. The second-order valence-electron chi connectivity index (χ2n) is 5.10. The van der Waals surface area contributed by atoms with E-state index in [1.807, 2.05) is 13.8 Å². The Morgan fingerprint density at radius 2 is 1.74 bits per heavy atom. The fraction of sp³-hybridized carbons (Fsp3) is 0.900. The van der Waals surface area contributed by atoms with Crippen LogP contribution in [0.25, 0.3) is 0 Å². The van der Waals surface area contributed by atoms with E-state index >= 15 is 0 Å². The van der Waals surface area contributed by atoms with Crippen molar-refractivity contribution in [2.75, 3.05) is 17.9 Å². The average molecular weight is 315 g/mol. The molecule has 2 N–H and O–H groups in total. The SMILES string of the molecule is CC(C)C[C@H](CNS(=O)(=O)CS(C)(=O)=O)CC(=O)O. The summed E-state index contributed by atoms with van der Waals surface area (Å²) in [6.07, 6.45) is 1.22. The zero-order valence-electron chi connectivity index (χ0n) is 11.3. The second-order valence-corrected chi connectivity index (χ2v) is 9.41. The van der Waals surface area contributed by atoms with Gasteiger partial charge in [-0.1, -0.05) is 13.8 Å². The summed E-state index contributed by atoms with van der Waals surface area (Å²) < 4.78 is 47.0. The highest BCUT2D eigenvalue weighted by atomic mass is 32.3. The maximum absolute atomic E-state index is 11.5. The van der Waals surface area contributed by atoms with Crippen molar-refractivity contribution >= 4 is 25.8 Å². The first-order valence-corrected chi connectivity index (χ1v) is 9.49. The zero-order valence-corrected chi connectivity index (χ0v) is 12.9. The third kappa shape index (κ3) is 10.9. The van der Waals surface area contributed by atoms with Crippen molar-refractivity contribution in [1.82, 2.24) is 4.72 Å². The molecule has 19 heavy (non-hydrogen) atoms. The largest absolute Gasteiger partial charge is 0.481 e. The molecule has 0 rings (SSSR count). The molecule has 0 unspecified atom stereocenters. The van der Waals surface area contributed by atoms with Gasteiger partial charge >= 0.3 is 5.97 Å². The molecule has 114 valence electrons. The first-order valence-electron chi connectivity index (χ1n) is 5.78. The van der Waals surface area contributed by atoms with E-state index in [2.05, 4.69) is 4.72 Å². The zero-order chi connectivity index (χ0) is 15.3. The van der Waals surface area contributed by atoms with Crippen LogP contribution in [0.1, 0.15) is 26.7 Å². The molecule has 0 saturated heterocycles. The summed E-state index contributed by atoms with van der Waals surface area (Å²) >= 11 is 0. The predicted octanol–water partition coefficient (Wildman–Crippen LogP) is 0.0449.